The summed E-state index contributed by atoms with van der Waals surface area (Å²) in [5.41, 5.74) is 6.75. The van der Waals surface area contributed by atoms with Crippen molar-refractivity contribution in [1.82, 2.24) is 4.98 Å². The van der Waals surface area contributed by atoms with E-state index < -0.39 is 0 Å². The Balaban J connectivity index is 2.13. The molecule has 2 rings (SSSR count). The monoisotopic (exact) mass is 240 g/mol. The summed E-state index contributed by atoms with van der Waals surface area (Å²) in [4.78, 5) is 4.33. The van der Waals surface area contributed by atoms with Gasteiger partial charge in [-0.15, -0.1) is 0 Å². The summed E-state index contributed by atoms with van der Waals surface area (Å²) < 4.78 is 1.09. The van der Waals surface area contributed by atoms with Crippen LogP contribution >= 0.6 is 15.9 Å². The van der Waals surface area contributed by atoms with Gasteiger partial charge in [0, 0.05) is 4.47 Å². The lowest BCUT2D eigenvalue weighted by atomic mass is 9.82. The summed E-state index contributed by atoms with van der Waals surface area (Å²) in [6, 6.07) is 3.81. The highest BCUT2D eigenvalue weighted by Crippen LogP contribution is 2.31. The fourth-order valence-electron chi connectivity index (χ4n) is 1.61. The second-order valence-electron chi connectivity index (χ2n) is 3.67. The zero-order chi connectivity index (χ0) is 9.26. The average molecular weight is 241 g/mol. The molecular weight excluding hydrogens is 228 g/mol. The standard InChI is InChI=1S/C10H13BrN2/c11-8-4-5-10(12)13-9(8)6-7-2-1-3-7/h4-5,7H,1-3,6H2,(H2,12,13). The van der Waals surface area contributed by atoms with Crippen LogP contribution in [0.2, 0.25) is 0 Å². The highest BCUT2D eigenvalue weighted by molar-refractivity contribution is 9.10. The van der Waals surface area contributed by atoms with Crippen molar-refractivity contribution < 1.29 is 0 Å². The molecule has 0 unspecified atom stereocenters. The Hall–Kier alpha value is -0.570. The van der Waals surface area contributed by atoms with Crippen molar-refractivity contribution in [1.29, 1.82) is 0 Å². The third-order valence-electron chi connectivity index (χ3n) is 2.65. The zero-order valence-electron chi connectivity index (χ0n) is 7.46. The number of hydrogen-bond acceptors (Lipinski definition) is 2. The molecular formula is C10H13BrN2. The van der Waals surface area contributed by atoms with E-state index in [-0.39, 0.29) is 0 Å². The van der Waals surface area contributed by atoms with E-state index in [9.17, 15) is 0 Å². The van der Waals surface area contributed by atoms with Gasteiger partial charge in [-0.05, 0) is 40.4 Å². The number of anilines is 1. The minimum Gasteiger partial charge on any atom is -0.384 e. The van der Waals surface area contributed by atoms with Crippen LogP contribution in [0.4, 0.5) is 5.82 Å². The van der Waals surface area contributed by atoms with Crippen molar-refractivity contribution in [3.8, 4) is 0 Å². The largest absolute Gasteiger partial charge is 0.384 e. The van der Waals surface area contributed by atoms with E-state index in [1.165, 1.54) is 19.3 Å². The van der Waals surface area contributed by atoms with Gasteiger partial charge in [0.05, 0.1) is 5.69 Å². The number of nitrogen functional groups attached to an aromatic ring is 1. The summed E-state index contributed by atoms with van der Waals surface area (Å²) in [7, 11) is 0. The molecule has 0 amide bonds. The minimum atomic E-state index is 0.623. The minimum absolute atomic E-state index is 0.623. The lowest BCUT2D eigenvalue weighted by molar-refractivity contribution is 0.312. The summed E-state index contributed by atoms with van der Waals surface area (Å²) in [6.07, 6.45) is 5.15. The Kier molecular flexibility index (Phi) is 2.54. The van der Waals surface area contributed by atoms with Gasteiger partial charge in [0.2, 0.25) is 0 Å². The van der Waals surface area contributed by atoms with Crippen molar-refractivity contribution >= 4 is 21.7 Å². The van der Waals surface area contributed by atoms with Gasteiger partial charge in [-0.1, -0.05) is 19.3 Å². The van der Waals surface area contributed by atoms with Crippen molar-refractivity contribution in [3.63, 3.8) is 0 Å². The first-order chi connectivity index (χ1) is 6.25. The van der Waals surface area contributed by atoms with E-state index >= 15 is 0 Å². The molecule has 1 aromatic rings. The van der Waals surface area contributed by atoms with Crippen molar-refractivity contribution in [2.75, 3.05) is 5.73 Å². The Morgan fingerprint density at radius 1 is 1.46 bits per heavy atom. The molecule has 1 aliphatic rings. The van der Waals surface area contributed by atoms with Crippen LogP contribution in [-0.2, 0) is 6.42 Å². The maximum absolute atomic E-state index is 5.63. The summed E-state index contributed by atoms with van der Waals surface area (Å²) >= 11 is 3.49. The van der Waals surface area contributed by atoms with Gasteiger partial charge in [-0.2, -0.15) is 0 Å². The topological polar surface area (TPSA) is 38.9 Å². The van der Waals surface area contributed by atoms with Gasteiger partial charge >= 0.3 is 0 Å². The first kappa shape index (κ1) is 9.00. The molecule has 0 spiro atoms. The summed E-state index contributed by atoms with van der Waals surface area (Å²) in [6.45, 7) is 0. The molecule has 1 aromatic heterocycles. The molecule has 0 aliphatic heterocycles. The molecule has 1 fully saturated rings. The number of nitrogens with zero attached hydrogens (tertiary/aromatic N) is 1. The van der Waals surface area contributed by atoms with E-state index in [0.29, 0.717) is 5.82 Å². The van der Waals surface area contributed by atoms with E-state index in [1.807, 2.05) is 12.1 Å². The molecule has 1 aliphatic carbocycles. The molecule has 0 radical (unpaired) electrons. The number of rotatable bonds is 2. The van der Waals surface area contributed by atoms with Gasteiger partial charge < -0.3 is 5.73 Å². The number of pyridine rings is 1. The Labute approximate surface area is 86.7 Å². The second kappa shape index (κ2) is 3.66. The van der Waals surface area contributed by atoms with Gasteiger partial charge in [0.1, 0.15) is 5.82 Å². The highest BCUT2D eigenvalue weighted by Gasteiger charge is 2.19. The fourth-order valence-corrected chi connectivity index (χ4v) is 2.00. The van der Waals surface area contributed by atoms with E-state index in [1.54, 1.807) is 0 Å². The molecule has 1 heterocycles. The second-order valence-corrected chi connectivity index (χ2v) is 4.52. The maximum Gasteiger partial charge on any atom is 0.123 e. The molecule has 0 aromatic carbocycles. The van der Waals surface area contributed by atoms with Crippen LogP contribution < -0.4 is 5.73 Å². The normalized spacial score (nSPS) is 17.0. The van der Waals surface area contributed by atoms with Gasteiger partial charge in [-0.3, -0.25) is 0 Å². The molecule has 3 heteroatoms. The lowest BCUT2D eigenvalue weighted by Crippen LogP contribution is -2.15. The molecule has 0 atom stereocenters. The number of nitrogens with two attached hydrogens (primary N) is 1. The molecule has 1 saturated carbocycles. The Bertz CT molecular complexity index is 308. The molecule has 13 heavy (non-hydrogen) atoms. The molecule has 2 nitrogen and oxygen atoms in total. The highest BCUT2D eigenvalue weighted by atomic mass is 79.9. The van der Waals surface area contributed by atoms with Crippen LogP contribution in [-0.4, -0.2) is 4.98 Å². The first-order valence-electron chi connectivity index (χ1n) is 4.66. The predicted molar refractivity (Wildman–Crippen MR) is 57.4 cm³/mol. The predicted octanol–water partition coefficient (Wildman–Crippen LogP) is 2.77. The van der Waals surface area contributed by atoms with Crippen LogP contribution in [0.15, 0.2) is 16.6 Å². The number of hydrogen-bond donors (Lipinski definition) is 1. The first-order valence-corrected chi connectivity index (χ1v) is 5.46. The van der Waals surface area contributed by atoms with Crippen LogP contribution in [0, 0.1) is 5.92 Å². The smallest absolute Gasteiger partial charge is 0.123 e. The van der Waals surface area contributed by atoms with Crippen molar-refractivity contribution in [2.45, 2.75) is 25.7 Å². The maximum atomic E-state index is 5.63. The molecule has 2 N–H and O–H groups in total. The van der Waals surface area contributed by atoms with Gasteiger partial charge in [-0.25, -0.2) is 4.98 Å². The van der Waals surface area contributed by atoms with Crippen LogP contribution in [0.25, 0.3) is 0 Å². The van der Waals surface area contributed by atoms with E-state index in [0.717, 1.165) is 22.5 Å². The number of aromatic nitrogens is 1. The Morgan fingerprint density at radius 3 is 2.85 bits per heavy atom. The van der Waals surface area contributed by atoms with E-state index in [2.05, 4.69) is 20.9 Å². The van der Waals surface area contributed by atoms with Crippen LogP contribution in [0.1, 0.15) is 25.0 Å². The molecule has 0 saturated heterocycles. The van der Waals surface area contributed by atoms with Crippen molar-refractivity contribution in [3.05, 3.63) is 22.3 Å². The third-order valence-corrected chi connectivity index (χ3v) is 3.37. The summed E-state index contributed by atoms with van der Waals surface area (Å²) in [5, 5.41) is 0. The van der Waals surface area contributed by atoms with Gasteiger partial charge in [0.25, 0.3) is 0 Å². The average Bonchev–Trinajstić information content (AvgIpc) is 2.03. The quantitative estimate of drug-likeness (QED) is 0.864. The van der Waals surface area contributed by atoms with Crippen LogP contribution in [0.5, 0.6) is 0 Å². The van der Waals surface area contributed by atoms with Crippen molar-refractivity contribution in [2.24, 2.45) is 5.92 Å². The zero-order valence-corrected chi connectivity index (χ0v) is 9.05. The van der Waals surface area contributed by atoms with E-state index in [4.69, 9.17) is 5.73 Å². The lowest BCUT2D eigenvalue weighted by Gasteiger charge is -2.25. The molecule has 0 bridgehead atoms. The summed E-state index contributed by atoms with van der Waals surface area (Å²) in [5.74, 6) is 1.46. The third kappa shape index (κ3) is 2.02. The fraction of sp³-hybridized carbons (Fsp3) is 0.500. The molecule has 70 valence electrons. The Morgan fingerprint density at radius 2 is 2.23 bits per heavy atom. The van der Waals surface area contributed by atoms with Gasteiger partial charge in [0.15, 0.2) is 0 Å². The SMILES string of the molecule is Nc1ccc(Br)c(CC2CCC2)n1. The van der Waals surface area contributed by atoms with Crippen LogP contribution in [0.3, 0.4) is 0 Å². The number of halogens is 1.